The van der Waals surface area contributed by atoms with Crippen molar-refractivity contribution in [3.05, 3.63) is 41.6 Å². The molecule has 1 aliphatic rings. The van der Waals surface area contributed by atoms with E-state index < -0.39 is 0 Å². The van der Waals surface area contributed by atoms with Crippen molar-refractivity contribution in [2.24, 2.45) is 0 Å². The van der Waals surface area contributed by atoms with Gasteiger partial charge >= 0.3 is 0 Å². The van der Waals surface area contributed by atoms with Gasteiger partial charge in [-0.1, -0.05) is 12.2 Å². The zero-order valence-electron chi connectivity index (χ0n) is 7.62. The van der Waals surface area contributed by atoms with E-state index in [0.717, 1.165) is 6.54 Å². The van der Waals surface area contributed by atoms with Gasteiger partial charge in [0.25, 0.3) is 0 Å². The quantitative estimate of drug-likeness (QED) is 0.571. The smallest absolute Gasteiger partial charge is 0.0556 e. The van der Waals surface area contributed by atoms with Gasteiger partial charge in [0.2, 0.25) is 0 Å². The van der Waals surface area contributed by atoms with Crippen LogP contribution in [0.5, 0.6) is 0 Å². The van der Waals surface area contributed by atoms with Crippen molar-refractivity contribution < 1.29 is 0 Å². The summed E-state index contributed by atoms with van der Waals surface area (Å²) in [6.07, 6.45) is 6.59. The average molecular weight is 169 g/mol. The van der Waals surface area contributed by atoms with Gasteiger partial charge in [-0.15, -0.1) is 0 Å². The van der Waals surface area contributed by atoms with Gasteiger partial charge in [-0.3, -0.25) is 0 Å². The maximum atomic E-state index is 2.30. The molecule has 1 heteroatoms. The van der Waals surface area contributed by atoms with Gasteiger partial charge in [0.15, 0.2) is 0 Å². The molecule has 0 fully saturated rings. The summed E-state index contributed by atoms with van der Waals surface area (Å²) in [5.41, 5.74) is 4.08. The first kappa shape index (κ1) is 6.96. The minimum Gasteiger partial charge on any atom is -0.343 e. The fraction of sp³-hybridized carbons (Fsp3) is 0.167. The normalized spacial score (nSPS) is 13.9. The highest BCUT2D eigenvalue weighted by Gasteiger charge is 2.07. The van der Waals surface area contributed by atoms with Crippen LogP contribution in [0.3, 0.4) is 0 Å². The lowest BCUT2D eigenvalue weighted by Crippen LogP contribution is -1.98. The fourth-order valence-electron chi connectivity index (χ4n) is 2.11. The molecule has 0 spiro atoms. The molecule has 1 nitrogen and oxygen atoms in total. The molecule has 0 amide bonds. The third kappa shape index (κ3) is 0.872. The number of aryl methyl sites for hydroxylation is 1. The molecule has 0 saturated heterocycles. The summed E-state index contributed by atoms with van der Waals surface area (Å²) in [4.78, 5) is 0. The van der Waals surface area contributed by atoms with Gasteiger partial charge in [0.1, 0.15) is 0 Å². The zero-order chi connectivity index (χ0) is 8.84. The third-order valence-electron chi connectivity index (χ3n) is 2.63. The highest BCUT2D eigenvalue weighted by molar-refractivity contribution is 5.90. The van der Waals surface area contributed by atoms with Crippen molar-refractivity contribution in [2.75, 3.05) is 0 Å². The molecular formula is C12H11N. The van der Waals surface area contributed by atoms with Crippen LogP contribution in [0, 0.1) is 6.92 Å². The fourth-order valence-corrected chi connectivity index (χ4v) is 2.11. The van der Waals surface area contributed by atoms with Crippen molar-refractivity contribution in [1.29, 1.82) is 0 Å². The predicted octanol–water partition coefficient (Wildman–Crippen LogP) is 2.98. The first-order valence-corrected chi connectivity index (χ1v) is 4.60. The molecule has 2 aromatic rings. The molecule has 0 aliphatic carbocycles. The predicted molar refractivity (Wildman–Crippen MR) is 55.7 cm³/mol. The van der Waals surface area contributed by atoms with E-state index in [1.165, 1.54) is 22.0 Å². The average Bonchev–Trinajstić information content (AvgIpc) is 2.50. The Hall–Kier alpha value is -1.50. The second kappa shape index (κ2) is 2.25. The molecule has 2 heterocycles. The number of hydrogen-bond acceptors (Lipinski definition) is 0. The van der Waals surface area contributed by atoms with E-state index in [2.05, 4.69) is 48.0 Å². The molecule has 0 saturated carbocycles. The van der Waals surface area contributed by atoms with Crippen molar-refractivity contribution >= 4 is 17.0 Å². The summed E-state index contributed by atoms with van der Waals surface area (Å²) in [5.74, 6) is 0. The van der Waals surface area contributed by atoms with Crippen LogP contribution in [0.1, 0.15) is 11.1 Å². The van der Waals surface area contributed by atoms with Gasteiger partial charge in [0.05, 0.1) is 5.52 Å². The summed E-state index contributed by atoms with van der Waals surface area (Å²) in [6, 6.07) is 6.68. The zero-order valence-corrected chi connectivity index (χ0v) is 7.62. The Balaban J connectivity index is 2.53. The second-order valence-electron chi connectivity index (χ2n) is 3.66. The highest BCUT2D eigenvalue weighted by atomic mass is 15.0. The summed E-state index contributed by atoms with van der Waals surface area (Å²) >= 11 is 0. The van der Waals surface area contributed by atoms with Crippen LogP contribution < -0.4 is 0 Å². The van der Waals surface area contributed by atoms with E-state index in [0.29, 0.717) is 0 Å². The molecule has 0 bridgehead atoms. The van der Waals surface area contributed by atoms with E-state index in [1.807, 2.05) is 0 Å². The second-order valence-corrected chi connectivity index (χ2v) is 3.66. The number of allylic oxidation sites excluding steroid dienone is 1. The van der Waals surface area contributed by atoms with Crippen molar-refractivity contribution in [3.8, 4) is 0 Å². The Morgan fingerprint density at radius 3 is 3.15 bits per heavy atom. The van der Waals surface area contributed by atoms with E-state index in [1.54, 1.807) is 0 Å². The summed E-state index contributed by atoms with van der Waals surface area (Å²) < 4.78 is 2.30. The minimum atomic E-state index is 1.01. The van der Waals surface area contributed by atoms with Gasteiger partial charge in [0, 0.05) is 18.1 Å². The van der Waals surface area contributed by atoms with Crippen LogP contribution in [0.4, 0.5) is 0 Å². The summed E-state index contributed by atoms with van der Waals surface area (Å²) in [6.45, 7) is 3.16. The molecule has 0 unspecified atom stereocenters. The van der Waals surface area contributed by atoms with Crippen molar-refractivity contribution in [3.63, 3.8) is 0 Å². The lowest BCUT2D eigenvalue weighted by atomic mass is 10.1. The van der Waals surface area contributed by atoms with Crippen LogP contribution in [-0.2, 0) is 6.54 Å². The molecule has 0 N–H and O–H groups in total. The topological polar surface area (TPSA) is 4.93 Å². The number of hydrogen-bond donors (Lipinski definition) is 0. The molecule has 1 aliphatic heterocycles. The Kier molecular flexibility index (Phi) is 1.21. The maximum absolute atomic E-state index is 2.30. The maximum Gasteiger partial charge on any atom is 0.0556 e. The largest absolute Gasteiger partial charge is 0.343 e. The Morgan fingerprint density at radius 1 is 1.31 bits per heavy atom. The van der Waals surface area contributed by atoms with Gasteiger partial charge < -0.3 is 4.57 Å². The summed E-state index contributed by atoms with van der Waals surface area (Å²) in [5, 5.41) is 1.36. The monoisotopic (exact) mass is 169 g/mol. The van der Waals surface area contributed by atoms with Gasteiger partial charge in [-0.2, -0.15) is 0 Å². The molecular weight excluding hydrogens is 158 g/mol. The lowest BCUT2D eigenvalue weighted by Gasteiger charge is -2.10. The van der Waals surface area contributed by atoms with E-state index in [-0.39, 0.29) is 0 Å². The summed E-state index contributed by atoms with van der Waals surface area (Å²) in [7, 11) is 0. The van der Waals surface area contributed by atoms with Gasteiger partial charge in [-0.25, -0.2) is 0 Å². The van der Waals surface area contributed by atoms with Gasteiger partial charge in [-0.05, 0) is 36.2 Å². The van der Waals surface area contributed by atoms with Crippen molar-refractivity contribution in [1.82, 2.24) is 4.57 Å². The third-order valence-corrected chi connectivity index (χ3v) is 2.63. The van der Waals surface area contributed by atoms with Crippen LogP contribution in [0.2, 0.25) is 0 Å². The SMILES string of the molecule is Cc1cc2c3c(ccn3CC=C2)c1. The number of benzene rings is 1. The van der Waals surface area contributed by atoms with Crippen LogP contribution in [0.25, 0.3) is 17.0 Å². The van der Waals surface area contributed by atoms with Crippen LogP contribution in [0.15, 0.2) is 30.5 Å². The van der Waals surface area contributed by atoms with E-state index >= 15 is 0 Å². The first-order chi connectivity index (χ1) is 6.34. The molecule has 0 atom stereocenters. The number of nitrogens with zero attached hydrogens (tertiary/aromatic N) is 1. The van der Waals surface area contributed by atoms with E-state index in [9.17, 15) is 0 Å². The van der Waals surface area contributed by atoms with E-state index in [4.69, 9.17) is 0 Å². The highest BCUT2D eigenvalue weighted by Crippen LogP contribution is 2.26. The Labute approximate surface area is 77.3 Å². The number of aromatic nitrogens is 1. The number of rotatable bonds is 0. The Morgan fingerprint density at radius 2 is 2.23 bits per heavy atom. The molecule has 64 valence electrons. The van der Waals surface area contributed by atoms with Crippen LogP contribution >= 0.6 is 0 Å². The lowest BCUT2D eigenvalue weighted by molar-refractivity contribution is 0.858. The molecule has 13 heavy (non-hydrogen) atoms. The van der Waals surface area contributed by atoms with Crippen LogP contribution in [-0.4, -0.2) is 4.57 Å². The molecule has 3 rings (SSSR count). The first-order valence-electron chi connectivity index (χ1n) is 4.60. The Bertz CT molecular complexity index is 503. The minimum absolute atomic E-state index is 1.01. The molecule has 0 radical (unpaired) electrons. The standard InChI is InChI=1S/C12H11N/c1-9-7-10-3-2-5-13-6-4-11(8-9)12(10)13/h2-4,6-8H,5H2,1H3. The van der Waals surface area contributed by atoms with Crippen molar-refractivity contribution in [2.45, 2.75) is 13.5 Å². The molecule has 1 aromatic heterocycles. The molecule has 1 aromatic carbocycles.